The van der Waals surface area contributed by atoms with Gasteiger partial charge in [0.1, 0.15) is 11.9 Å². The third-order valence-corrected chi connectivity index (χ3v) is 5.06. The fourth-order valence-corrected chi connectivity index (χ4v) is 3.49. The van der Waals surface area contributed by atoms with Gasteiger partial charge in [-0.3, -0.25) is 9.59 Å². The molecule has 1 fully saturated rings. The van der Waals surface area contributed by atoms with Crippen molar-refractivity contribution < 1.29 is 18.7 Å². The molecular formula is C20H20BrFN2O3. The van der Waals surface area contributed by atoms with Gasteiger partial charge in [0.2, 0.25) is 5.91 Å². The number of hydrogen-bond donors (Lipinski definition) is 1. The van der Waals surface area contributed by atoms with Crippen LogP contribution >= 0.6 is 15.9 Å². The predicted octanol–water partition coefficient (Wildman–Crippen LogP) is 4.15. The van der Waals surface area contributed by atoms with Gasteiger partial charge in [-0.15, -0.1) is 0 Å². The number of nitrogens with zero attached hydrogens (tertiary/aromatic N) is 1. The van der Waals surface area contributed by atoms with Crippen LogP contribution in [0.5, 0.6) is 0 Å². The Morgan fingerprint density at radius 3 is 2.59 bits per heavy atom. The van der Waals surface area contributed by atoms with Crippen molar-refractivity contribution in [3.8, 4) is 0 Å². The van der Waals surface area contributed by atoms with Crippen LogP contribution in [0.4, 0.5) is 10.1 Å². The molecule has 27 heavy (non-hydrogen) atoms. The van der Waals surface area contributed by atoms with Gasteiger partial charge >= 0.3 is 0 Å². The number of hydrogen-bond acceptors (Lipinski definition) is 3. The molecule has 0 aliphatic carbocycles. The van der Waals surface area contributed by atoms with Crippen LogP contribution in [-0.2, 0) is 9.53 Å². The Bertz CT molecular complexity index is 857. The molecule has 0 saturated carbocycles. The minimum absolute atomic E-state index is 0.0652. The number of carbonyl (C=O) groups excluding carboxylic acids is 2. The Morgan fingerprint density at radius 1 is 1.22 bits per heavy atom. The lowest BCUT2D eigenvalue weighted by molar-refractivity contribution is -0.114. The second kappa shape index (κ2) is 8.19. The molecule has 142 valence electrons. The zero-order valence-corrected chi connectivity index (χ0v) is 16.6. The molecule has 2 amide bonds. The normalized spacial score (nSPS) is 19.6. The second-order valence-corrected chi connectivity index (χ2v) is 7.37. The van der Waals surface area contributed by atoms with E-state index in [1.807, 2.05) is 31.2 Å². The lowest BCUT2D eigenvalue weighted by Crippen LogP contribution is -2.48. The van der Waals surface area contributed by atoms with Crippen molar-refractivity contribution >= 4 is 33.4 Å². The van der Waals surface area contributed by atoms with Crippen molar-refractivity contribution in [2.45, 2.75) is 26.0 Å². The van der Waals surface area contributed by atoms with Crippen molar-refractivity contribution in [1.82, 2.24) is 4.90 Å². The molecule has 1 saturated heterocycles. The first-order valence-electron chi connectivity index (χ1n) is 8.62. The van der Waals surface area contributed by atoms with Crippen LogP contribution in [0.2, 0.25) is 0 Å². The summed E-state index contributed by atoms with van der Waals surface area (Å²) in [6, 6.07) is 11.4. The summed E-state index contributed by atoms with van der Waals surface area (Å²) in [4.78, 5) is 25.9. The van der Waals surface area contributed by atoms with E-state index in [9.17, 15) is 14.0 Å². The molecule has 1 heterocycles. The Labute approximate surface area is 165 Å². The summed E-state index contributed by atoms with van der Waals surface area (Å²) >= 11 is 3.40. The molecule has 2 aromatic rings. The van der Waals surface area contributed by atoms with Crippen molar-refractivity contribution in [3.63, 3.8) is 0 Å². The van der Waals surface area contributed by atoms with Gasteiger partial charge in [0.05, 0.1) is 18.2 Å². The Morgan fingerprint density at radius 2 is 1.93 bits per heavy atom. The first kappa shape index (κ1) is 19.5. The van der Waals surface area contributed by atoms with E-state index in [4.69, 9.17) is 4.74 Å². The van der Waals surface area contributed by atoms with E-state index >= 15 is 0 Å². The first-order chi connectivity index (χ1) is 12.9. The summed E-state index contributed by atoms with van der Waals surface area (Å²) in [7, 11) is 0. The molecule has 2 atom stereocenters. The zero-order valence-electron chi connectivity index (χ0n) is 15.0. The van der Waals surface area contributed by atoms with E-state index in [2.05, 4.69) is 21.2 Å². The fraction of sp³-hybridized carbons (Fsp3) is 0.300. The molecule has 5 nitrogen and oxygen atoms in total. The fourth-order valence-electron chi connectivity index (χ4n) is 3.22. The first-order valence-corrected chi connectivity index (χ1v) is 9.41. The van der Waals surface area contributed by atoms with Crippen molar-refractivity contribution in [2.24, 2.45) is 0 Å². The maximum atomic E-state index is 14.3. The van der Waals surface area contributed by atoms with Crippen molar-refractivity contribution in [3.05, 3.63) is 63.9 Å². The van der Waals surface area contributed by atoms with E-state index in [1.165, 1.54) is 25.1 Å². The van der Waals surface area contributed by atoms with Crippen molar-refractivity contribution in [1.29, 1.82) is 0 Å². The molecule has 0 aromatic heterocycles. The number of benzene rings is 2. The maximum absolute atomic E-state index is 14.3. The average Bonchev–Trinajstić information content (AvgIpc) is 2.63. The van der Waals surface area contributed by atoms with Gasteiger partial charge in [-0.05, 0) is 42.8 Å². The van der Waals surface area contributed by atoms with Gasteiger partial charge in [0, 0.05) is 23.6 Å². The van der Waals surface area contributed by atoms with Crippen LogP contribution in [-0.4, -0.2) is 35.9 Å². The number of morpholine rings is 1. The number of anilines is 1. The standard InChI is InChI=1S/C20H20BrFN2O3/c1-12-19(14-3-5-15(21)6-4-14)27-10-9-24(12)20(26)17-11-16(23-13(2)25)7-8-18(17)22/h3-8,11-12,19H,9-10H2,1-2H3,(H,23,25)/t12-,19+/m1/s1. The molecule has 2 aromatic carbocycles. The molecule has 3 rings (SSSR count). The van der Waals surface area contributed by atoms with E-state index in [0.29, 0.717) is 18.8 Å². The zero-order chi connectivity index (χ0) is 19.6. The van der Waals surface area contributed by atoms with Crippen LogP contribution in [0.15, 0.2) is 46.9 Å². The Kier molecular flexibility index (Phi) is 5.92. The third-order valence-electron chi connectivity index (χ3n) is 4.54. The lowest BCUT2D eigenvalue weighted by Gasteiger charge is -2.39. The molecule has 1 aliphatic rings. The van der Waals surface area contributed by atoms with Crippen LogP contribution in [0, 0.1) is 5.82 Å². The molecule has 1 aliphatic heterocycles. The summed E-state index contributed by atoms with van der Waals surface area (Å²) in [5.74, 6) is -1.32. The summed E-state index contributed by atoms with van der Waals surface area (Å²) in [5.41, 5.74) is 1.28. The second-order valence-electron chi connectivity index (χ2n) is 6.46. The lowest BCUT2D eigenvalue weighted by atomic mass is 9.99. The van der Waals surface area contributed by atoms with Crippen LogP contribution in [0.1, 0.15) is 35.9 Å². The van der Waals surface area contributed by atoms with Gasteiger partial charge in [-0.1, -0.05) is 28.1 Å². The molecule has 1 N–H and O–H groups in total. The van der Waals surface area contributed by atoms with E-state index in [-0.39, 0.29) is 23.6 Å². The van der Waals surface area contributed by atoms with E-state index < -0.39 is 11.7 Å². The highest BCUT2D eigenvalue weighted by atomic mass is 79.9. The largest absolute Gasteiger partial charge is 0.370 e. The van der Waals surface area contributed by atoms with Crippen LogP contribution in [0.3, 0.4) is 0 Å². The minimum Gasteiger partial charge on any atom is -0.370 e. The number of amides is 2. The SMILES string of the molecule is CC(=O)Nc1ccc(F)c(C(=O)N2CCO[C@H](c3ccc(Br)cc3)[C@H]2C)c1. The molecule has 0 bridgehead atoms. The van der Waals surface area contributed by atoms with Gasteiger partial charge in [0.15, 0.2) is 0 Å². The average molecular weight is 435 g/mol. The molecule has 7 heteroatoms. The van der Waals surface area contributed by atoms with Gasteiger partial charge in [0.25, 0.3) is 5.91 Å². The number of carbonyl (C=O) groups is 2. The highest BCUT2D eigenvalue weighted by Crippen LogP contribution is 2.31. The highest BCUT2D eigenvalue weighted by Gasteiger charge is 2.34. The maximum Gasteiger partial charge on any atom is 0.257 e. The number of nitrogens with one attached hydrogen (secondary N) is 1. The predicted molar refractivity (Wildman–Crippen MR) is 104 cm³/mol. The molecule has 0 radical (unpaired) electrons. The van der Waals surface area contributed by atoms with Crippen LogP contribution in [0.25, 0.3) is 0 Å². The number of ether oxygens (including phenoxy) is 1. The smallest absolute Gasteiger partial charge is 0.257 e. The summed E-state index contributed by atoms with van der Waals surface area (Å²) in [6.45, 7) is 3.98. The van der Waals surface area contributed by atoms with Gasteiger partial charge in [-0.2, -0.15) is 0 Å². The third kappa shape index (κ3) is 4.36. The van der Waals surface area contributed by atoms with Crippen LogP contribution < -0.4 is 5.32 Å². The summed E-state index contributed by atoms with van der Waals surface area (Å²) in [5, 5.41) is 2.58. The monoisotopic (exact) mass is 434 g/mol. The Hall–Kier alpha value is -2.25. The molecular weight excluding hydrogens is 415 g/mol. The number of halogens is 2. The number of rotatable bonds is 3. The van der Waals surface area contributed by atoms with E-state index in [0.717, 1.165) is 10.0 Å². The molecule has 0 unspecified atom stereocenters. The summed E-state index contributed by atoms with van der Waals surface area (Å²) < 4.78 is 21.1. The highest BCUT2D eigenvalue weighted by molar-refractivity contribution is 9.10. The van der Waals surface area contributed by atoms with Gasteiger partial charge < -0.3 is 15.0 Å². The van der Waals surface area contributed by atoms with E-state index in [1.54, 1.807) is 4.90 Å². The van der Waals surface area contributed by atoms with Crippen molar-refractivity contribution in [2.75, 3.05) is 18.5 Å². The molecule has 0 spiro atoms. The Balaban J connectivity index is 1.85. The van der Waals surface area contributed by atoms with Gasteiger partial charge in [-0.25, -0.2) is 4.39 Å². The quantitative estimate of drug-likeness (QED) is 0.788. The minimum atomic E-state index is -0.618. The topological polar surface area (TPSA) is 58.6 Å². The summed E-state index contributed by atoms with van der Waals surface area (Å²) in [6.07, 6.45) is -0.294.